The van der Waals surface area contributed by atoms with E-state index in [1.165, 1.54) is 0 Å². The molecular weight excluding hydrogens is 204 g/mol. The Labute approximate surface area is 81.6 Å². The van der Waals surface area contributed by atoms with Crippen molar-refractivity contribution in [3.63, 3.8) is 0 Å². The van der Waals surface area contributed by atoms with E-state index in [0.29, 0.717) is 5.54 Å². The van der Waals surface area contributed by atoms with E-state index in [1.54, 1.807) is 6.92 Å². The lowest BCUT2D eigenvalue weighted by molar-refractivity contribution is 0.305. The SMILES string of the molecule is CCS(=O)(=O)OC1CC1[Si](C)(C)C. The van der Waals surface area contributed by atoms with Gasteiger partial charge < -0.3 is 0 Å². The van der Waals surface area contributed by atoms with Gasteiger partial charge in [-0.1, -0.05) is 19.6 Å². The maximum Gasteiger partial charge on any atom is 0.267 e. The lowest BCUT2D eigenvalue weighted by atomic mass is 10.9. The fourth-order valence-electron chi connectivity index (χ4n) is 1.45. The Morgan fingerprint density at radius 3 is 2.23 bits per heavy atom. The van der Waals surface area contributed by atoms with Crippen molar-refractivity contribution < 1.29 is 12.6 Å². The van der Waals surface area contributed by atoms with E-state index in [2.05, 4.69) is 19.6 Å². The van der Waals surface area contributed by atoms with Gasteiger partial charge in [0, 0.05) is 0 Å². The van der Waals surface area contributed by atoms with Gasteiger partial charge in [0.05, 0.1) is 19.9 Å². The van der Waals surface area contributed by atoms with Crippen molar-refractivity contribution in [1.29, 1.82) is 0 Å². The molecule has 0 heterocycles. The van der Waals surface area contributed by atoms with Crippen LogP contribution in [-0.2, 0) is 14.3 Å². The molecule has 0 aromatic carbocycles. The zero-order valence-electron chi connectivity index (χ0n) is 8.70. The first-order chi connectivity index (χ1) is 5.76. The number of hydrogen-bond donors (Lipinski definition) is 0. The van der Waals surface area contributed by atoms with E-state index >= 15 is 0 Å². The van der Waals surface area contributed by atoms with Crippen molar-refractivity contribution in [3.8, 4) is 0 Å². The van der Waals surface area contributed by atoms with Crippen molar-refractivity contribution in [2.45, 2.75) is 44.6 Å². The minimum absolute atomic E-state index is 0.00313. The summed E-state index contributed by atoms with van der Waals surface area (Å²) < 4.78 is 27.3. The molecule has 5 heteroatoms. The molecule has 1 fully saturated rings. The summed E-state index contributed by atoms with van der Waals surface area (Å²) in [5, 5.41) is 0. The maximum atomic E-state index is 11.1. The highest BCUT2D eigenvalue weighted by molar-refractivity contribution is 7.86. The van der Waals surface area contributed by atoms with Crippen molar-refractivity contribution in [2.24, 2.45) is 0 Å². The summed E-state index contributed by atoms with van der Waals surface area (Å²) >= 11 is 0. The molecule has 0 aromatic heterocycles. The molecule has 78 valence electrons. The molecule has 1 aliphatic carbocycles. The predicted octanol–water partition coefficient (Wildman–Crippen LogP) is 1.83. The van der Waals surface area contributed by atoms with Gasteiger partial charge in [-0.25, -0.2) is 0 Å². The molecule has 0 aromatic rings. The molecule has 0 radical (unpaired) electrons. The van der Waals surface area contributed by atoms with Crippen LogP contribution in [0.2, 0.25) is 25.2 Å². The lowest BCUT2D eigenvalue weighted by Crippen LogP contribution is -2.23. The van der Waals surface area contributed by atoms with E-state index in [-0.39, 0.29) is 11.9 Å². The van der Waals surface area contributed by atoms with Gasteiger partial charge in [0.15, 0.2) is 0 Å². The summed E-state index contributed by atoms with van der Waals surface area (Å²) in [4.78, 5) is 0. The van der Waals surface area contributed by atoms with E-state index in [0.717, 1.165) is 6.42 Å². The fourth-order valence-corrected chi connectivity index (χ4v) is 4.39. The Hall–Kier alpha value is 0.127. The third-order valence-corrected chi connectivity index (χ3v) is 6.55. The molecule has 13 heavy (non-hydrogen) atoms. The molecule has 0 N–H and O–H groups in total. The summed E-state index contributed by atoms with van der Waals surface area (Å²) in [7, 11) is -4.42. The van der Waals surface area contributed by atoms with Crippen LogP contribution in [0.5, 0.6) is 0 Å². The second-order valence-corrected chi connectivity index (χ2v) is 12.0. The highest BCUT2D eigenvalue weighted by Crippen LogP contribution is 2.48. The molecule has 0 aliphatic heterocycles. The summed E-state index contributed by atoms with van der Waals surface area (Å²) in [5.41, 5.74) is 0.536. The van der Waals surface area contributed by atoms with Crippen LogP contribution in [0.3, 0.4) is 0 Å². The molecule has 1 rings (SSSR count). The quantitative estimate of drug-likeness (QED) is 0.538. The van der Waals surface area contributed by atoms with Gasteiger partial charge in [-0.05, 0) is 18.9 Å². The van der Waals surface area contributed by atoms with E-state index in [9.17, 15) is 8.42 Å². The van der Waals surface area contributed by atoms with Crippen LogP contribution in [0, 0.1) is 0 Å². The molecule has 0 spiro atoms. The van der Waals surface area contributed by atoms with Gasteiger partial charge in [0.2, 0.25) is 0 Å². The van der Waals surface area contributed by atoms with Crippen molar-refractivity contribution >= 4 is 18.2 Å². The summed E-state index contributed by atoms with van der Waals surface area (Å²) in [6.07, 6.45) is 0.936. The van der Waals surface area contributed by atoms with Crippen LogP contribution in [0.25, 0.3) is 0 Å². The average molecular weight is 222 g/mol. The minimum Gasteiger partial charge on any atom is -0.267 e. The molecule has 0 bridgehead atoms. The predicted molar refractivity (Wildman–Crippen MR) is 56.0 cm³/mol. The summed E-state index contributed by atoms with van der Waals surface area (Å²) in [6, 6.07) is 0. The van der Waals surface area contributed by atoms with Gasteiger partial charge >= 0.3 is 0 Å². The largest absolute Gasteiger partial charge is 0.267 e. The summed E-state index contributed by atoms with van der Waals surface area (Å²) in [5.74, 6) is 0.0852. The third-order valence-electron chi connectivity index (χ3n) is 2.47. The lowest BCUT2D eigenvalue weighted by Gasteiger charge is -2.14. The Bertz CT molecular complexity index is 278. The molecule has 2 atom stereocenters. The zero-order valence-corrected chi connectivity index (χ0v) is 10.5. The molecule has 1 saturated carbocycles. The topological polar surface area (TPSA) is 43.4 Å². The van der Waals surface area contributed by atoms with Crippen LogP contribution in [-0.4, -0.2) is 28.3 Å². The van der Waals surface area contributed by atoms with Crippen LogP contribution >= 0.6 is 0 Å². The zero-order chi connectivity index (χ0) is 10.3. The van der Waals surface area contributed by atoms with Crippen LogP contribution < -0.4 is 0 Å². The third kappa shape index (κ3) is 3.07. The first kappa shape index (κ1) is 11.2. The Balaban J connectivity index is 2.46. The Kier molecular flexibility index (Phi) is 2.90. The van der Waals surface area contributed by atoms with Crippen LogP contribution in [0.4, 0.5) is 0 Å². The molecule has 3 nitrogen and oxygen atoms in total. The monoisotopic (exact) mass is 222 g/mol. The van der Waals surface area contributed by atoms with Gasteiger partial charge in [-0.2, -0.15) is 8.42 Å². The molecule has 0 amide bonds. The van der Waals surface area contributed by atoms with Gasteiger partial charge in [-0.15, -0.1) is 0 Å². The van der Waals surface area contributed by atoms with Crippen molar-refractivity contribution in [3.05, 3.63) is 0 Å². The second kappa shape index (κ2) is 3.36. The highest BCUT2D eigenvalue weighted by Gasteiger charge is 2.49. The van der Waals surface area contributed by atoms with E-state index in [4.69, 9.17) is 4.18 Å². The molecule has 0 saturated heterocycles. The van der Waals surface area contributed by atoms with Crippen LogP contribution in [0.1, 0.15) is 13.3 Å². The minimum atomic E-state index is -3.23. The van der Waals surface area contributed by atoms with Crippen molar-refractivity contribution in [1.82, 2.24) is 0 Å². The normalized spacial score (nSPS) is 28.9. The van der Waals surface area contributed by atoms with E-state index < -0.39 is 18.2 Å². The van der Waals surface area contributed by atoms with Crippen LogP contribution in [0.15, 0.2) is 0 Å². The van der Waals surface area contributed by atoms with Gasteiger partial charge in [-0.3, -0.25) is 4.18 Å². The molecular formula is C8H18O3SSi. The molecule has 1 aliphatic rings. The maximum absolute atomic E-state index is 11.1. The molecule has 2 unspecified atom stereocenters. The number of rotatable bonds is 4. The summed E-state index contributed by atoms with van der Waals surface area (Å²) in [6.45, 7) is 8.36. The highest BCUT2D eigenvalue weighted by atomic mass is 32.2. The van der Waals surface area contributed by atoms with E-state index in [1.807, 2.05) is 0 Å². The average Bonchev–Trinajstić information content (AvgIpc) is 2.65. The number of hydrogen-bond acceptors (Lipinski definition) is 3. The standard InChI is InChI=1S/C8H18O3SSi/c1-5-12(9,10)11-7-6-8(7)13(2,3)4/h7-8H,5-6H2,1-4H3. The van der Waals surface area contributed by atoms with Gasteiger partial charge in [0.1, 0.15) is 0 Å². The van der Waals surface area contributed by atoms with Crippen molar-refractivity contribution in [2.75, 3.05) is 5.75 Å². The Morgan fingerprint density at radius 1 is 1.38 bits per heavy atom. The Morgan fingerprint density at radius 2 is 1.92 bits per heavy atom. The second-order valence-electron chi connectivity index (χ2n) is 4.69. The smallest absolute Gasteiger partial charge is 0.267 e. The fraction of sp³-hybridized carbons (Fsp3) is 1.00. The van der Waals surface area contributed by atoms with Gasteiger partial charge in [0.25, 0.3) is 10.1 Å². The first-order valence-corrected chi connectivity index (χ1v) is 9.82. The first-order valence-electron chi connectivity index (χ1n) is 4.67.